The lowest BCUT2D eigenvalue weighted by atomic mass is 10.0. The first-order chi connectivity index (χ1) is 8.79. The van der Waals surface area contributed by atoms with E-state index in [4.69, 9.17) is 9.56 Å². The molecule has 5 nitrogen and oxygen atoms in total. The van der Waals surface area contributed by atoms with Crippen molar-refractivity contribution in [1.29, 1.82) is 0 Å². The van der Waals surface area contributed by atoms with Gasteiger partial charge in [0.05, 0.1) is 6.54 Å². The largest absolute Gasteiger partial charge is 0.447 e. The molecule has 0 saturated carbocycles. The van der Waals surface area contributed by atoms with E-state index < -0.39 is 10.0 Å². The Morgan fingerprint density at radius 1 is 1.26 bits per heavy atom. The maximum absolute atomic E-state index is 11.1. The van der Waals surface area contributed by atoms with Crippen molar-refractivity contribution in [1.82, 2.24) is 5.32 Å². The Morgan fingerprint density at radius 3 is 2.47 bits per heavy atom. The zero-order valence-corrected chi connectivity index (χ0v) is 12.7. The zero-order chi connectivity index (χ0) is 14.5. The van der Waals surface area contributed by atoms with Crippen molar-refractivity contribution < 1.29 is 12.8 Å². The molecule has 3 N–H and O–H groups in total. The van der Waals surface area contributed by atoms with Crippen LogP contribution in [-0.4, -0.2) is 14.5 Å². The summed E-state index contributed by atoms with van der Waals surface area (Å²) in [7, 11) is -3.74. The highest BCUT2D eigenvalue weighted by atomic mass is 32.2. The van der Waals surface area contributed by atoms with E-state index in [1.54, 1.807) is 6.07 Å². The highest BCUT2D eigenvalue weighted by Gasteiger charge is 2.13. The van der Waals surface area contributed by atoms with E-state index in [0.29, 0.717) is 18.3 Å². The summed E-state index contributed by atoms with van der Waals surface area (Å²) >= 11 is 0. The molecule has 0 bridgehead atoms. The van der Waals surface area contributed by atoms with E-state index in [2.05, 4.69) is 26.1 Å². The van der Waals surface area contributed by atoms with Crippen molar-refractivity contribution in [2.24, 2.45) is 11.1 Å². The molecule has 1 heterocycles. The molecule has 0 aliphatic rings. The molecule has 19 heavy (non-hydrogen) atoms. The van der Waals surface area contributed by atoms with Gasteiger partial charge >= 0.3 is 0 Å². The highest BCUT2D eigenvalue weighted by molar-refractivity contribution is 7.89. The van der Waals surface area contributed by atoms with E-state index >= 15 is 0 Å². The molecule has 0 aliphatic carbocycles. The number of rotatable bonds is 8. The van der Waals surface area contributed by atoms with Gasteiger partial charge in [0.2, 0.25) is 5.09 Å². The van der Waals surface area contributed by atoms with Crippen LogP contribution in [0.4, 0.5) is 0 Å². The van der Waals surface area contributed by atoms with Gasteiger partial charge in [0.15, 0.2) is 0 Å². The fraction of sp³-hybridized carbons (Fsp3) is 0.692. The minimum absolute atomic E-state index is 0.184. The molecular formula is C13H24N2O3S. The van der Waals surface area contributed by atoms with Crippen LogP contribution in [0.25, 0.3) is 0 Å². The monoisotopic (exact) mass is 288 g/mol. The van der Waals surface area contributed by atoms with Crippen LogP contribution in [0.3, 0.4) is 0 Å². The van der Waals surface area contributed by atoms with Gasteiger partial charge in [-0.15, -0.1) is 0 Å². The summed E-state index contributed by atoms with van der Waals surface area (Å²) in [6, 6.07) is 3.39. The first kappa shape index (κ1) is 16.2. The third-order valence-electron chi connectivity index (χ3n) is 2.96. The summed E-state index contributed by atoms with van der Waals surface area (Å²) in [5, 5.41) is 8.10. The Kier molecular flexibility index (Phi) is 6.03. The number of hydrogen-bond donors (Lipinski definition) is 2. The fourth-order valence-electron chi connectivity index (χ4n) is 1.82. The average Bonchev–Trinajstić information content (AvgIpc) is 2.74. The van der Waals surface area contributed by atoms with E-state index in [1.165, 1.54) is 18.9 Å². The van der Waals surface area contributed by atoms with E-state index in [1.807, 2.05) is 0 Å². The fourth-order valence-corrected chi connectivity index (χ4v) is 2.30. The molecule has 0 saturated heterocycles. The molecule has 0 spiro atoms. The minimum atomic E-state index is -3.74. The van der Waals surface area contributed by atoms with E-state index in [-0.39, 0.29) is 5.09 Å². The smallest absolute Gasteiger partial charge is 0.271 e. The summed E-state index contributed by atoms with van der Waals surface area (Å²) in [4.78, 5) is 0. The summed E-state index contributed by atoms with van der Waals surface area (Å²) in [5.74, 6) is 1.31. The molecular weight excluding hydrogens is 264 g/mol. The molecule has 110 valence electrons. The van der Waals surface area contributed by atoms with Crippen LogP contribution >= 0.6 is 0 Å². The normalized spacial score (nSPS) is 13.9. The van der Waals surface area contributed by atoms with Crippen molar-refractivity contribution >= 4 is 10.0 Å². The van der Waals surface area contributed by atoms with Crippen molar-refractivity contribution in [3.63, 3.8) is 0 Å². The first-order valence-corrected chi connectivity index (χ1v) is 8.18. The van der Waals surface area contributed by atoms with Crippen LogP contribution in [-0.2, 0) is 16.6 Å². The molecule has 6 heteroatoms. The van der Waals surface area contributed by atoms with Crippen LogP contribution < -0.4 is 10.5 Å². The Hall–Kier alpha value is -0.850. The van der Waals surface area contributed by atoms with Gasteiger partial charge in [0, 0.05) is 6.04 Å². The SMILES string of the molecule is CC(C)CCCC(C)NCc1ccc(S(N)(=O)=O)o1. The zero-order valence-electron chi connectivity index (χ0n) is 11.8. The summed E-state index contributed by atoms with van der Waals surface area (Å²) in [5.41, 5.74) is 0. The van der Waals surface area contributed by atoms with E-state index in [0.717, 1.165) is 12.3 Å². The van der Waals surface area contributed by atoms with Gasteiger partial charge in [-0.05, 0) is 31.4 Å². The van der Waals surface area contributed by atoms with Gasteiger partial charge in [0.25, 0.3) is 10.0 Å². The van der Waals surface area contributed by atoms with Crippen LogP contribution in [0.5, 0.6) is 0 Å². The second-order valence-corrected chi connectivity index (χ2v) is 6.86. The van der Waals surface area contributed by atoms with Crippen LogP contribution in [0, 0.1) is 5.92 Å². The minimum Gasteiger partial charge on any atom is -0.447 e. The molecule has 0 amide bonds. The van der Waals surface area contributed by atoms with Gasteiger partial charge in [0.1, 0.15) is 5.76 Å². The predicted molar refractivity (Wildman–Crippen MR) is 75.1 cm³/mol. The quantitative estimate of drug-likeness (QED) is 0.768. The maximum atomic E-state index is 11.1. The topological polar surface area (TPSA) is 85.3 Å². The Labute approximate surface area is 115 Å². The number of hydrogen-bond acceptors (Lipinski definition) is 4. The first-order valence-electron chi connectivity index (χ1n) is 6.64. The third-order valence-corrected chi connectivity index (χ3v) is 3.74. The molecule has 1 aromatic heterocycles. The number of sulfonamides is 1. The third kappa shape index (κ3) is 6.22. The van der Waals surface area contributed by atoms with Gasteiger partial charge in [-0.3, -0.25) is 0 Å². The van der Waals surface area contributed by atoms with Crippen LogP contribution in [0.15, 0.2) is 21.6 Å². The lowest BCUT2D eigenvalue weighted by molar-refractivity contribution is 0.382. The molecule has 1 atom stereocenters. The molecule has 0 fully saturated rings. The molecule has 1 unspecified atom stereocenters. The second kappa shape index (κ2) is 7.07. The molecule has 0 radical (unpaired) electrons. The number of nitrogens with two attached hydrogens (primary N) is 1. The van der Waals surface area contributed by atoms with Gasteiger partial charge in [-0.1, -0.05) is 26.7 Å². The molecule has 1 aromatic rings. The van der Waals surface area contributed by atoms with Crippen molar-refractivity contribution in [3.8, 4) is 0 Å². The Balaban J connectivity index is 2.34. The van der Waals surface area contributed by atoms with Gasteiger partial charge in [-0.2, -0.15) is 0 Å². The number of furan rings is 1. The standard InChI is InChI=1S/C13H24N2O3S/c1-10(2)5-4-6-11(3)15-9-12-7-8-13(18-12)19(14,16)17/h7-8,10-11,15H,4-6,9H2,1-3H3,(H2,14,16,17). The van der Waals surface area contributed by atoms with Crippen molar-refractivity contribution in [2.45, 2.75) is 57.7 Å². The highest BCUT2D eigenvalue weighted by Crippen LogP contribution is 2.13. The second-order valence-electron chi connectivity index (χ2n) is 5.37. The van der Waals surface area contributed by atoms with Crippen LogP contribution in [0.1, 0.15) is 45.8 Å². The predicted octanol–water partition coefficient (Wildman–Crippen LogP) is 2.23. The lowest BCUT2D eigenvalue weighted by Crippen LogP contribution is -2.25. The van der Waals surface area contributed by atoms with Crippen LogP contribution in [0.2, 0.25) is 0 Å². The molecule has 1 rings (SSSR count). The average molecular weight is 288 g/mol. The molecule has 0 aromatic carbocycles. The Morgan fingerprint density at radius 2 is 1.95 bits per heavy atom. The Bertz CT molecular complexity index is 480. The lowest BCUT2D eigenvalue weighted by Gasteiger charge is -2.13. The summed E-state index contributed by atoms with van der Waals surface area (Å²) < 4.78 is 27.3. The maximum Gasteiger partial charge on any atom is 0.271 e. The van der Waals surface area contributed by atoms with Gasteiger partial charge in [-0.25, -0.2) is 13.6 Å². The summed E-state index contributed by atoms with van der Waals surface area (Å²) in [6.07, 6.45) is 3.51. The summed E-state index contributed by atoms with van der Waals surface area (Å²) in [6.45, 7) is 7.06. The number of primary sulfonamides is 1. The molecule has 0 aliphatic heterocycles. The van der Waals surface area contributed by atoms with Gasteiger partial charge < -0.3 is 9.73 Å². The van der Waals surface area contributed by atoms with Crippen molar-refractivity contribution in [3.05, 3.63) is 17.9 Å². The van der Waals surface area contributed by atoms with E-state index in [9.17, 15) is 8.42 Å². The van der Waals surface area contributed by atoms with Crippen molar-refractivity contribution in [2.75, 3.05) is 0 Å². The number of nitrogens with one attached hydrogen (secondary N) is 1.